The maximum Gasteiger partial charge on any atom is 0.472 e. The van der Waals surface area contributed by atoms with E-state index in [0.29, 0.717) is 25.7 Å². The predicted molar refractivity (Wildman–Crippen MR) is 437 cm³/mol. The van der Waals surface area contributed by atoms with Crippen molar-refractivity contribution >= 4 is 39.5 Å². The second-order valence-electron chi connectivity index (χ2n) is 32.7. The minimum absolute atomic E-state index is 0.107. The maximum atomic E-state index is 13.2. The molecule has 4 unspecified atom stereocenters. The molecule has 0 spiro atoms. The van der Waals surface area contributed by atoms with E-state index in [1.165, 1.54) is 250 Å². The molecule has 0 heterocycles. The first-order chi connectivity index (χ1) is 51.2. The lowest BCUT2D eigenvalue weighted by Gasteiger charge is -2.21. The molecule has 17 nitrogen and oxygen atoms in total. The second kappa shape index (κ2) is 75.7. The largest absolute Gasteiger partial charge is 0.472 e. The van der Waals surface area contributed by atoms with Gasteiger partial charge in [0.05, 0.1) is 26.4 Å². The predicted octanol–water partition coefficient (Wildman–Crippen LogP) is 26.3. The lowest BCUT2D eigenvalue weighted by molar-refractivity contribution is -0.161. The number of carbonyl (C=O) groups excluding carboxylic acids is 4. The summed E-state index contributed by atoms with van der Waals surface area (Å²) in [7, 11) is -9.93. The third-order valence-corrected chi connectivity index (χ3v) is 22.9. The fourth-order valence-corrected chi connectivity index (χ4v) is 15.0. The highest BCUT2D eigenvalue weighted by molar-refractivity contribution is 7.47. The van der Waals surface area contributed by atoms with E-state index in [2.05, 4.69) is 55.4 Å². The number of unbranched alkanes of at least 4 members (excludes halogenated alkanes) is 48. The van der Waals surface area contributed by atoms with E-state index in [9.17, 15) is 43.2 Å². The number of rotatable bonds is 84. The van der Waals surface area contributed by atoms with E-state index in [4.69, 9.17) is 37.0 Å². The Labute approximate surface area is 651 Å². The van der Waals surface area contributed by atoms with Gasteiger partial charge in [-0.3, -0.25) is 37.3 Å². The van der Waals surface area contributed by atoms with Gasteiger partial charge in [-0.25, -0.2) is 9.13 Å². The number of phosphoric ester groups is 2. The Hall–Kier alpha value is -1.94. The molecule has 0 fully saturated rings. The number of phosphoric acid groups is 2. The van der Waals surface area contributed by atoms with Crippen molar-refractivity contribution in [1.82, 2.24) is 0 Å². The number of ether oxygens (including phenoxy) is 4. The molecule has 630 valence electrons. The van der Waals surface area contributed by atoms with Crippen LogP contribution in [0, 0.1) is 23.7 Å². The van der Waals surface area contributed by atoms with Gasteiger partial charge in [0.2, 0.25) is 0 Å². The van der Waals surface area contributed by atoms with Crippen molar-refractivity contribution in [3.05, 3.63) is 0 Å². The molecule has 0 bridgehead atoms. The first-order valence-electron chi connectivity index (χ1n) is 44.8. The lowest BCUT2D eigenvalue weighted by atomic mass is 9.99. The van der Waals surface area contributed by atoms with Crippen molar-refractivity contribution in [2.75, 3.05) is 39.6 Å². The van der Waals surface area contributed by atoms with E-state index < -0.39 is 97.5 Å². The number of aliphatic hydroxyl groups is 1. The molecule has 0 aromatic rings. The zero-order chi connectivity index (χ0) is 78.1. The summed E-state index contributed by atoms with van der Waals surface area (Å²) in [4.78, 5) is 73.3. The van der Waals surface area contributed by atoms with E-state index in [1.54, 1.807) is 0 Å². The molecule has 0 aliphatic rings. The van der Waals surface area contributed by atoms with Crippen molar-refractivity contribution < 1.29 is 80.2 Å². The van der Waals surface area contributed by atoms with Gasteiger partial charge in [0.25, 0.3) is 0 Å². The van der Waals surface area contributed by atoms with Gasteiger partial charge in [-0.05, 0) is 49.4 Å². The molecule has 0 rings (SSSR count). The summed E-state index contributed by atoms with van der Waals surface area (Å²) in [6.45, 7) is 14.4. The first kappa shape index (κ1) is 104. The van der Waals surface area contributed by atoms with Crippen LogP contribution in [0.2, 0.25) is 0 Å². The van der Waals surface area contributed by atoms with Gasteiger partial charge in [0.15, 0.2) is 12.2 Å². The topological polar surface area (TPSA) is 237 Å². The summed E-state index contributed by atoms with van der Waals surface area (Å²) in [5, 5.41) is 10.7. The quantitative estimate of drug-likeness (QED) is 0.0222. The number of hydrogen-bond donors (Lipinski definition) is 3. The number of esters is 4. The minimum atomic E-state index is -4.97. The Kier molecular flexibility index (Phi) is 74.3. The number of aliphatic hydroxyl groups excluding tert-OH is 1. The zero-order valence-corrected chi connectivity index (χ0v) is 71.9. The molecule has 19 heteroatoms. The molecule has 0 aromatic heterocycles. The SMILES string of the molecule is CCC(C)CCCCCCCCCCCCCCCCC(=O)O[C@H](COC(=O)CCCCCCCCC(C)CC)COP(=O)(O)OC[C@H](O)COP(=O)(O)OC[C@@H](COC(=O)CCCCCCCCCCCCCCCCC(C)C)OC(=O)CCCCCCCCCCCCCCCCCCCCC(C)C. The Balaban J connectivity index is 5.23. The molecule has 0 saturated heterocycles. The van der Waals surface area contributed by atoms with Crippen LogP contribution in [0.5, 0.6) is 0 Å². The fourth-order valence-electron chi connectivity index (χ4n) is 13.4. The Bertz CT molecular complexity index is 2060. The summed E-state index contributed by atoms with van der Waals surface area (Å²) in [6.07, 6.45) is 65.2. The van der Waals surface area contributed by atoms with Crippen LogP contribution in [-0.2, 0) is 65.4 Å². The molecule has 106 heavy (non-hydrogen) atoms. The maximum absolute atomic E-state index is 13.2. The van der Waals surface area contributed by atoms with Crippen LogP contribution in [0.1, 0.15) is 453 Å². The summed E-state index contributed by atoms with van der Waals surface area (Å²) < 4.78 is 68.9. The number of carbonyl (C=O) groups is 4. The molecule has 0 aromatic carbocycles. The van der Waals surface area contributed by atoms with Crippen LogP contribution in [0.3, 0.4) is 0 Å². The van der Waals surface area contributed by atoms with Gasteiger partial charge >= 0.3 is 39.5 Å². The van der Waals surface area contributed by atoms with Crippen LogP contribution in [0.15, 0.2) is 0 Å². The monoisotopic (exact) mass is 1550 g/mol. The van der Waals surface area contributed by atoms with Crippen LogP contribution in [0.4, 0.5) is 0 Å². The smallest absolute Gasteiger partial charge is 0.462 e. The van der Waals surface area contributed by atoms with Gasteiger partial charge in [0, 0.05) is 25.7 Å². The summed E-state index contributed by atoms with van der Waals surface area (Å²) in [6, 6.07) is 0. The fraction of sp³-hybridized carbons (Fsp3) is 0.954. The summed E-state index contributed by atoms with van der Waals surface area (Å²) >= 11 is 0. The van der Waals surface area contributed by atoms with Gasteiger partial charge in [-0.1, -0.05) is 402 Å². The molecular formula is C87H170O17P2. The molecular weight excluding hydrogens is 1380 g/mol. The third-order valence-electron chi connectivity index (χ3n) is 21.0. The molecule has 0 radical (unpaired) electrons. The Morgan fingerprint density at radius 2 is 0.453 bits per heavy atom. The van der Waals surface area contributed by atoms with Crippen LogP contribution in [-0.4, -0.2) is 96.7 Å². The van der Waals surface area contributed by atoms with E-state index in [1.807, 2.05) is 0 Å². The lowest BCUT2D eigenvalue weighted by Crippen LogP contribution is -2.30. The van der Waals surface area contributed by atoms with Gasteiger partial charge < -0.3 is 33.8 Å². The van der Waals surface area contributed by atoms with Gasteiger partial charge in [-0.2, -0.15) is 0 Å². The molecule has 0 aliphatic heterocycles. The second-order valence-corrected chi connectivity index (χ2v) is 35.6. The standard InChI is InChI=1S/C87H170O17P2/c1-9-79(7)65-57-49-41-35-29-23-18-20-26-32-38-44-54-62-70-87(92)104-83(74-98-85(90)68-60-52-46-45-50-58-66-80(8)10-2)76-102-106(95,96)100-72-81(88)71-99-105(93,94)101-75-82(73-97-84(89)67-59-51-42-36-30-24-19-17-22-28-34-40-48-56-64-78(5)6)103-86(91)69-61-53-43-37-31-25-16-14-12-11-13-15-21-27-33-39-47-55-63-77(3)4/h77-83,88H,9-76H2,1-8H3,(H,93,94)(H,95,96)/t79?,80?,81-,82-,83-/m1/s1. The van der Waals surface area contributed by atoms with Crippen LogP contribution in [0.25, 0.3) is 0 Å². The van der Waals surface area contributed by atoms with Crippen LogP contribution >= 0.6 is 15.6 Å². The first-order valence-corrected chi connectivity index (χ1v) is 47.8. The Morgan fingerprint density at radius 1 is 0.264 bits per heavy atom. The number of hydrogen-bond acceptors (Lipinski definition) is 15. The van der Waals surface area contributed by atoms with E-state index in [0.717, 1.165) is 120 Å². The third kappa shape index (κ3) is 77.4. The highest BCUT2D eigenvalue weighted by Crippen LogP contribution is 2.45. The highest BCUT2D eigenvalue weighted by Gasteiger charge is 2.31. The summed E-state index contributed by atoms with van der Waals surface area (Å²) in [5.74, 6) is 1.09. The van der Waals surface area contributed by atoms with Crippen molar-refractivity contribution in [3.63, 3.8) is 0 Å². The van der Waals surface area contributed by atoms with Crippen molar-refractivity contribution in [1.29, 1.82) is 0 Å². The Morgan fingerprint density at radius 3 is 0.670 bits per heavy atom. The molecule has 0 amide bonds. The zero-order valence-electron chi connectivity index (χ0n) is 70.1. The van der Waals surface area contributed by atoms with Gasteiger partial charge in [-0.15, -0.1) is 0 Å². The van der Waals surface area contributed by atoms with E-state index in [-0.39, 0.29) is 25.7 Å². The average molecular weight is 1550 g/mol. The van der Waals surface area contributed by atoms with Crippen molar-refractivity contribution in [2.45, 2.75) is 472 Å². The minimum Gasteiger partial charge on any atom is -0.462 e. The molecule has 3 N–H and O–H groups in total. The highest BCUT2D eigenvalue weighted by atomic mass is 31.2. The molecule has 0 saturated carbocycles. The van der Waals surface area contributed by atoms with Gasteiger partial charge in [0.1, 0.15) is 19.3 Å². The van der Waals surface area contributed by atoms with Crippen molar-refractivity contribution in [3.8, 4) is 0 Å². The normalized spacial score (nSPS) is 14.4. The molecule has 0 aliphatic carbocycles. The van der Waals surface area contributed by atoms with Crippen molar-refractivity contribution in [2.24, 2.45) is 23.7 Å². The summed E-state index contributed by atoms with van der Waals surface area (Å²) in [5.41, 5.74) is 0. The average Bonchev–Trinajstić information content (AvgIpc) is 0.902. The van der Waals surface area contributed by atoms with E-state index >= 15 is 0 Å². The van der Waals surface area contributed by atoms with Crippen LogP contribution < -0.4 is 0 Å². The molecule has 7 atom stereocenters.